The third-order valence-corrected chi connectivity index (χ3v) is 4.03. The topological polar surface area (TPSA) is 15.3 Å². The molecule has 1 fully saturated rings. The molecule has 1 aliphatic carbocycles. The monoisotopic (exact) mass is 240 g/mol. The van der Waals surface area contributed by atoms with Crippen molar-refractivity contribution < 1.29 is 0 Å². The van der Waals surface area contributed by atoms with Crippen molar-refractivity contribution in [3.63, 3.8) is 0 Å². The Morgan fingerprint density at radius 2 is 1.65 bits per heavy atom. The standard InChI is InChI=1S/C15H32N2/c1-4-11-17(12-5-2)13-10-16-15-9-7-6-8-14(15)3/h14-16H,4-13H2,1-3H3. The van der Waals surface area contributed by atoms with E-state index in [0.29, 0.717) is 0 Å². The zero-order valence-electron chi connectivity index (χ0n) is 12.2. The molecular formula is C15H32N2. The number of hydrogen-bond acceptors (Lipinski definition) is 2. The molecule has 1 saturated carbocycles. The molecule has 0 saturated heterocycles. The molecule has 0 bridgehead atoms. The van der Waals surface area contributed by atoms with Gasteiger partial charge in [0.25, 0.3) is 0 Å². The van der Waals surface area contributed by atoms with Crippen LogP contribution in [-0.2, 0) is 0 Å². The van der Waals surface area contributed by atoms with E-state index in [-0.39, 0.29) is 0 Å². The van der Waals surface area contributed by atoms with Crippen molar-refractivity contribution in [2.24, 2.45) is 5.92 Å². The average molecular weight is 240 g/mol. The number of rotatable bonds is 8. The maximum atomic E-state index is 3.78. The number of nitrogens with zero attached hydrogens (tertiary/aromatic N) is 1. The summed E-state index contributed by atoms with van der Waals surface area (Å²) in [4.78, 5) is 2.60. The Hall–Kier alpha value is -0.0800. The number of hydrogen-bond donors (Lipinski definition) is 1. The summed E-state index contributed by atoms with van der Waals surface area (Å²) in [7, 11) is 0. The summed E-state index contributed by atoms with van der Waals surface area (Å²) in [6.07, 6.45) is 8.24. The molecule has 1 rings (SSSR count). The van der Waals surface area contributed by atoms with E-state index >= 15 is 0 Å². The third kappa shape index (κ3) is 5.87. The summed E-state index contributed by atoms with van der Waals surface area (Å²) < 4.78 is 0. The van der Waals surface area contributed by atoms with Gasteiger partial charge in [0.2, 0.25) is 0 Å². The van der Waals surface area contributed by atoms with Crippen LogP contribution in [0.15, 0.2) is 0 Å². The predicted octanol–water partition coefficient (Wildman–Crippen LogP) is 3.28. The fraction of sp³-hybridized carbons (Fsp3) is 1.00. The van der Waals surface area contributed by atoms with Gasteiger partial charge in [0, 0.05) is 19.1 Å². The Labute approximate surface area is 108 Å². The molecule has 0 spiro atoms. The summed E-state index contributed by atoms with van der Waals surface area (Å²) >= 11 is 0. The molecule has 0 aromatic rings. The zero-order valence-corrected chi connectivity index (χ0v) is 12.2. The molecule has 1 N–H and O–H groups in total. The van der Waals surface area contributed by atoms with Crippen molar-refractivity contribution in [2.45, 2.75) is 65.3 Å². The normalized spacial score (nSPS) is 25.4. The van der Waals surface area contributed by atoms with E-state index in [2.05, 4.69) is 31.0 Å². The molecule has 2 unspecified atom stereocenters. The Balaban J connectivity index is 2.15. The molecule has 1 aliphatic rings. The average Bonchev–Trinajstić information content (AvgIpc) is 2.32. The highest BCUT2D eigenvalue weighted by Crippen LogP contribution is 2.23. The molecule has 0 radical (unpaired) electrons. The number of nitrogens with one attached hydrogen (secondary N) is 1. The quantitative estimate of drug-likeness (QED) is 0.700. The van der Waals surface area contributed by atoms with E-state index in [9.17, 15) is 0 Å². The minimum absolute atomic E-state index is 0.786. The van der Waals surface area contributed by atoms with Gasteiger partial charge in [-0.2, -0.15) is 0 Å². The summed E-state index contributed by atoms with van der Waals surface area (Å²) in [5.74, 6) is 0.884. The highest BCUT2D eigenvalue weighted by molar-refractivity contribution is 4.78. The Morgan fingerprint density at radius 3 is 2.24 bits per heavy atom. The summed E-state index contributed by atoms with van der Waals surface area (Å²) in [5, 5.41) is 3.78. The van der Waals surface area contributed by atoms with Crippen molar-refractivity contribution in [3.8, 4) is 0 Å². The molecule has 102 valence electrons. The van der Waals surface area contributed by atoms with Crippen LogP contribution in [0, 0.1) is 5.92 Å². The Morgan fingerprint density at radius 1 is 1.00 bits per heavy atom. The first-order valence-corrected chi connectivity index (χ1v) is 7.73. The Kier molecular flexibility index (Phi) is 7.87. The molecule has 2 heteroatoms. The molecule has 0 aromatic carbocycles. The Bertz CT molecular complexity index is 176. The summed E-state index contributed by atoms with van der Waals surface area (Å²) in [6, 6.07) is 0.786. The van der Waals surface area contributed by atoms with Crippen LogP contribution in [0.1, 0.15) is 59.3 Å². The maximum Gasteiger partial charge on any atom is 0.0107 e. The third-order valence-electron chi connectivity index (χ3n) is 4.03. The smallest absolute Gasteiger partial charge is 0.0107 e. The second-order valence-corrected chi connectivity index (χ2v) is 5.66. The molecule has 0 heterocycles. The van der Waals surface area contributed by atoms with Gasteiger partial charge in [-0.3, -0.25) is 0 Å². The van der Waals surface area contributed by atoms with Crippen molar-refractivity contribution in [3.05, 3.63) is 0 Å². The van der Waals surface area contributed by atoms with Gasteiger partial charge in [0.05, 0.1) is 0 Å². The van der Waals surface area contributed by atoms with Gasteiger partial charge in [-0.25, -0.2) is 0 Å². The van der Waals surface area contributed by atoms with Crippen LogP contribution in [0.5, 0.6) is 0 Å². The van der Waals surface area contributed by atoms with Gasteiger partial charge in [-0.1, -0.05) is 33.6 Å². The molecule has 0 aromatic heterocycles. The van der Waals surface area contributed by atoms with Gasteiger partial charge in [-0.05, 0) is 44.7 Å². The fourth-order valence-electron chi connectivity index (χ4n) is 3.00. The highest BCUT2D eigenvalue weighted by atomic mass is 15.1. The lowest BCUT2D eigenvalue weighted by Gasteiger charge is -2.31. The first-order valence-electron chi connectivity index (χ1n) is 7.73. The molecule has 17 heavy (non-hydrogen) atoms. The van der Waals surface area contributed by atoms with Crippen LogP contribution in [0.3, 0.4) is 0 Å². The second-order valence-electron chi connectivity index (χ2n) is 5.66. The first-order chi connectivity index (χ1) is 8.27. The highest BCUT2D eigenvalue weighted by Gasteiger charge is 2.20. The molecular weight excluding hydrogens is 208 g/mol. The van der Waals surface area contributed by atoms with Crippen molar-refractivity contribution in [2.75, 3.05) is 26.2 Å². The maximum absolute atomic E-state index is 3.78. The van der Waals surface area contributed by atoms with Gasteiger partial charge >= 0.3 is 0 Å². The van der Waals surface area contributed by atoms with Crippen LogP contribution in [0.4, 0.5) is 0 Å². The SMILES string of the molecule is CCCN(CCC)CCNC1CCCCC1C. The van der Waals surface area contributed by atoms with Crippen molar-refractivity contribution in [1.82, 2.24) is 10.2 Å². The minimum atomic E-state index is 0.786. The van der Waals surface area contributed by atoms with Gasteiger partial charge in [0.1, 0.15) is 0 Å². The predicted molar refractivity (Wildman–Crippen MR) is 76.4 cm³/mol. The van der Waals surface area contributed by atoms with Gasteiger partial charge in [0.15, 0.2) is 0 Å². The van der Waals surface area contributed by atoms with E-state index in [1.165, 1.54) is 64.7 Å². The molecule has 0 amide bonds. The largest absolute Gasteiger partial charge is 0.312 e. The van der Waals surface area contributed by atoms with E-state index < -0.39 is 0 Å². The molecule has 2 atom stereocenters. The zero-order chi connectivity index (χ0) is 12.5. The van der Waals surface area contributed by atoms with Crippen LogP contribution < -0.4 is 5.32 Å². The van der Waals surface area contributed by atoms with Gasteiger partial charge in [-0.15, -0.1) is 0 Å². The van der Waals surface area contributed by atoms with Crippen LogP contribution in [0.2, 0.25) is 0 Å². The van der Waals surface area contributed by atoms with Crippen LogP contribution in [0.25, 0.3) is 0 Å². The molecule has 0 aliphatic heterocycles. The molecule has 2 nitrogen and oxygen atoms in total. The summed E-state index contributed by atoms with van der Waals surface area (Å²) in [6.45, 7) is 11.9. The van der Waals surface area contributed by atoms with Crippen molar-refractivity contribution in [1.29, 1.82) is 0 Å². The summed E-state index contributed by atoms with van der Waals surface area (Å²) in [5.41, 5.74) is 0. The van der Waals surface area contributed by atoms with Crippen LogP contribution >= 0.6 is 0 Å². The first kappa shape index (κ1) is 15.0. The van der Waals surface area contributed by atoms with Gasteiger partial charge < -0.3 is 10.2 Å². The van der Waals surface area contributed by atoms with E-state index in [1.54, 1.807) is 0 Å². The lowest BCUT2D eigenvalue weighted by molar-refractivity contribution is 0.241. The lowest BCUT2D eigenvalue weighted by atomic mass is 9.86. The lowest BCUT2D eigenvalue weighted by Crippen LogP contribution is -2.42. The van der Waals surface area contributed by atoms with Crippen LogP contribution in [-0.4, -0.2) is 37.1 Å². The fourth-order valence-corrected chi connectivity index (χ4v) is 3.00. The van der Waals surface area contributed by atoms with E-state index in [4.69, 9.17) is 0 Å². The van der Waals surface area contributed by atoms with E-state index in [0.717, 1.165) is 12.0 Å². The van der Waals surface area contributed by atoms with Crippen molar-refractivity contribution >= 4 is 0 Å². The van der Waals surface area contributed by atoms with E-state index in [1.807, 2.05) is 0 Å². The second kappa shape index (κ2) is 8.93. The minimum Gasteiger partial charge on any atom is -0.312 e.